The number of hydrogen-bond donors (Lipinski definition) is 1. The van der Waals surface area contributed by atoms with Crippen LogP contribution in [0.25, 0.3) is 0 Å². The first-order chi connectivity index (χ1) is 8.38. The Bertz CT molecular complexity index is 317. The first-order valence-electron chi connectivity index (χ1n) is 6.67. The highest BCUT2D eigenvalue weighted by Crippen LogP contribution is 2.25. The Morgan fingerprint density at radius 1 is 1.35 bits per heavy atom. The molecule has 0 aliphatic heterocycles. The molecule has 0 aromatic carbocycles. The number of nitrogens with one attached hydrogen (secondary N) is 1. The van der Waals surface area contributed by atoms with Crippen LogP contribution in [-0.4, -0.2) is 18.1 Å². The summed E-state index contributed by atoms with van der Waals surface area (Å²) in [5, 5.41) is 3.28. The van der Waals surface area contributed by atoms with Crippen LogP contribution in [0.5, 0.6) is 5.88 Å². The average molecular weight is 234 g/mol. The molecule has 1 N–H and O–H groups in total. The molecule has 94 valence electrons. The molecule has 0 atom stereocenters. The van der Waals surface area contributed by atoms with Crippen LogP contribution in [0.3, 0.4) is 0 Å². The SMILES string of the molecule is CCNCc1ccc(OCC2CCCC2)nc1. The molecule has 17 heavy (non-hydrogen) atoms. The van der Waals surface area contributed by atoms with Gasteiger partial charge in [-0.2, -0.15) is 0 Å². The van der Waals surface area contributed by atoms with Gasteiger partial charge in [0, 0.05) is 18.8 Å². The zero-order valence-corrected chi connectivity index (χ0v) is 10.6. The third-order valence-corrected chi connectivity index (χ3v) is 3.32. The predicted molar refractivity (Wildman–Crippen MR) is 69.1 cm³/mol. The minimum Gasteiger partial charge on any atom is -0.477 e. The van der Waals surface area contributed by atoms with E-state index in [9.17, 15) is 0 Å². The van der Waals surface area contributed by atoms with Crippen molar-refractivity contribution in [3.63, 3.8) is 0 Å². The van der Waals surface area contributed by atoms with Crippen molar-refractivity contribution in [3.8, 4) is 5.88 Å². The summed E-state index contributed by atoms with van der Waals surface area (Å²) < 4.78 is 5.72. The second-order valence-electron chi connectivity index (χ2n) is 4.75. The number of rotatable bonds is 6. The molecule has 1 aromatic rings. The topological polar surface area (TPSA) is 34.1 Å². The van der Waals surface area contributed by atoms with Crippen LogP contribution < -0.4 is 10.1 Å². The number of aromatic nitrogens is 1. The molecule has 0 bridgehead atoms. The molecule has 0 unspecified atom stereocenters. The average Bonchev–Trinajstić information content (AvgIpc) is 2.88. The van der Waals surface area contributed by atoms with Gasteiger partial charge in [0.25, 0.3) is 0 Å². The molecule has 0 amide bonds. The van der Waals surface area contributed by atoms with Gasteiger partial charge >= 0.3 is 0 Å². The predicted octanol–water partition coefficient (Wildman–Crippen LogP) is 2.76. The summed E-state index contributed by atoms with van der Waals surface area (Å²) in [5.41, 5.74) is 1.21. The van der Waals surface area contributed by atoms with Crippen molar-refractivity contribution in [2.75, 3.05) is 13.2 Å². The number of pyridine rings is 1. The quantitative estimate of drug-likeness (QED) is 0.822. The zero-order valence-electron chi connectivity index (χ0n) is 10.6. The lowest BCUT2D eigenvalue weighted by atomic mass is 10.1. The lowest BCUT2D eigenvalue weighted by Gasteiger charge is -2.10. The fourth-order valence-corrected chi connectivity index (χ4v) is 2.25. The molecule has 1 fully saturated rings. The minimum atomic E-state index is 0.748. The van der Waals surface area contributed by atoms with Crippen molar-refractivity contribution in [2.24, 2.45) is 5.92 Å². The maximum Gasteiger partial charge on any atom is 0.213 e. The highest BCUT2D eigenvalue weighted by atomic mass is 16.5. The Balaban J connectivity index is 1.76. The van der Waals surface area contributed by atoms with E-state index < -0.39 is 0 Å². The van der Waals surface area contributed by atoms with E-state index in [1.54, 1.807) is 0 Å². The van der Waals surface area contributed by atoms with Crippen LogP contribution >= 0.6 is 0 Å². The van der Waals surface area contributed by atoms with E-state index in [2.05, 4.69) is 23.3 Å². The van der Waals surface area contributed by atoms with Crippen molar-refractivity contribution in [1.82, 2.24) is 10.3 Å². The number of hydrogen-bond acceptors (Lipinski definition) is 3. The van der Waals surface area contributed by atoms with Gasteiger partial charge in [-0.3, -0.25) is 0 Å². The Morgan fingerprint density at radius 3 is 2.82 bits per heavy atom. The zero-order chi connectivity index (χ0) is 11.9. The molecule has 2 rings (SSSR count). The van der Waals surface area contributed by atoms with E-state index in [4.69, 9.17) is 4.74 Å². The highest BCUT2D eigenvalue weighted by molar-refractivity contribution is 5.17. The molecule has 1 aliphatic rings. The molecule has 3 nitrogen and oxygen atoms in total. The summed E-state index contributed by atoms with van der Waals surface area (Å²) in [6.07, 6.45) is 7.26. The van der Waals surface area contributed by atoms with Crippen LogP contribution in [0.15, 0.2) is 18.3 Å². The first kappa shape index (κ1) is 12.4. The molecule has 1 heterocycles. The van der Waals surface area contributed by atoms with Crippen LogP contribution in [0.2, 0.25) is 0 Å². The lowest BCUT2D eigenvalue weighted by molar-refractivity contribution is 0.243. The summed E-state index contributed by atoms with van der Waals surface area (Å²) in [6, 6.07) is 4.06. The van der Waals surface area contributed by atoms with Crippen molar-refractivity contribution in [3.05, 3.63) is 23.9 Å². The molecule has 1 saturated carbocycles. The van der Waals surface area contributed by atoms with Crippen molar-refractivity contribution in [2.45, 2.75) is 39.2 Å². The number of ether oxygens (including phenoxy) is 1. The third kappa shape index (κ3) is 4.00. The standard InChI is InChI=1S/C14H22N2O/c1-2-15-9-13-7-8-14(16-10-13)17-11-12-5-3-4-6-12/h7-8,10,12,15H,2-6,9,11H2,1H3. The summed E-state index contributed by atoms with van der Waals surface area (Å²) in [5.74, 6) is 1.51. The van der Waals surface area contributed by atoms with Crippen LogP contribution in [0, 0.1) is 5.92 Å². The first-order valence-corrected chi connectivity index (χ1v) is 6.67. The Morgan fingerprint density at radius 2 is 2.18 bits per heavy atom. The summed E-state index contributed by atoms with van der Waals surface area (Å²) >= 11 is 0. The van der Waals surface area contributed by atoms with Crippen molar-refractivity contribution >= 4 is 0 Å². The minimum absolute atomic E-state index is 0.748. The van der Waals surface area contributed by atoms with Gasteiger partial charge in [0.1, 0.15) is 0 Å². The smallest absolute Gasteiger partial charge is 0.213 e. The largest absolute Gasteiger partial charge is 0.477 e. The van der Waals surface area contributed by atoms with E-state index in [1.165, 1.54) is 31.2 Å². The Labute approximate surface area is 104 Å². The van der Waals surface area contributed by atoms with Gasteiger partial charge in [0.2, 0.25) is 5.88 Å². The van der Waals surface area contributed by atoms with Gasteiger partial charge in [-0.25, -0.2) is 4.98 Å². The van der Waals surface area contributed by atoms with Gasteiger partial charge < -0.3 is 10.1 Å². The highest BCUT2D eigenvalue weighted by Gasteiger charge is 2.15. The molecule has 3 heteroatoms. The summed E-state index contributed by atoms with van der Waals surface area (Å²) in [6.45, 7) is 4.80. The molecule has 1 aliphatic carbocycles. The second kappa shape index (κ2) is 6.60. The molecule has 0 radical (unpaired) electrons. The maximum atomic E-state index is 5.72. The molecular weight excluding hydrogens is 212 g/mol. The van der Waals surface area contributed by atoms with E-state index in [0.717, 1.165) is 31.5 Å². The summed E-state index contributed by atoms with van der Waals surface area (Å²) in [4.78, 5) is 4.33. The maximum absolute atomic E-state index is 5.72. The summed E-state index contributed by atoms with van der Waals surface area (Å²) in [7, 11) is 0. The van der Waals surface area contributed by atoms with E-state index in [-0.39, 0.29) is 0 Å². The van der Waals surface area contributed by atoms with Gasteiger partial charge in [-0.15, -0.1) is 0 Å². The van der Waals surface area contributed by atoms with Crippen LogP contribution in [0.4, 0.5) is 0 Å². The van der Waals surface area contributed by atoms with Crippen LogP contribution in [0.1, 0.15) is 38.2 Å². The second-order valence-corrected chi connectivity index (χ2v) is 4.75. The third-order valence-electron chi connectivity index (χ3n) is 3.32. The van der Waals surface area contributed by atoms with Crippen molar-refractivity contribution in [1.29, 1.82) is 0 Å². The fraction of sp³-hybridized carbons (Fsp3) is 0.643. The Kier molecular flexibility index (Phi) is 4.80. The van der Waals surface area contributed by atoms with E-state index in [0.29, 0.717) is 0 Å². The molecule has 0 spiro atoms. The van der Waals surface area contributed by atoms with Gasteiger partial charge in [-0.05, 0) is 30.9 Å². The molecule has 0 saturated heterocycles. The monoisotopic (exact) mass is 234 g/mol. The number of nitrogens with zero attached hydrogens (tertiary/aromatic N) is 1. The van der Waals surface area contributed by atoms with Gasteiger partial charge in [0.05, 0.1) is 6.61 Å². The van der Waals surface area contributed by atoms with Crippen LogP contribution in [-0.2, 0) is 6.54 Å². The fourth-order valence-electron chi connectivity index (χ4n) is 2.25. The van der Waals surface area contributed by atoms with E-state index in [1.807, 2.05) is 12.3 Å². The van der Waals surface area contributed by atoms with E-state index >= 15 is 0 Å². The molecular formula is C14H22N2O. The van der Waals surface area contributed by atoms with Gasteiger partial charge in [0.15, 0.2) is 0 Å². The van der Waals surface area contributed by atoms with Gasteiger partial charge in [-0.1, -0.05) is 25.8 Å². The Hall–Kier alpha value is -1.09. The lowest BCUT2D eigenvalue weighted by Crippen LogP contribution is -2.12. The van der Waals surface area contributed by atoms with Crippen molar-refractivity contribution < 1.29 is 4.74 Å². The normalized spacial score (nSPS) is 16.3. The molecule has 1 aromatic heterocycles.